The second-order valence-corrected chi connectivity index (χ2v) is 6.55. The van der Waals surface area contributed by atoms with Gasteiger partial charge in [0.2, 0.25) is 0 Å². The van der Waals surface area contributed by atoms with Gasteiger partial charge in [-0.05, 0) is 19.1 Å². The maximum Gasteiger partial charge on any atom is 0.272 e. The molecule has 5 nitrogen and oxygen atoms in total. The zero-order valence-corrected chi connectivity index (χ0v) is 11.0. The highest BCUT2D eigenvalue weighted by molar-refractivity contribution is 7.93. The van der Waals surface area contributed by atoms with Crippen LogP contribution in [0.1, 0.15) is 19.4 Å². The van der Waals surface area contributed by atoms with Crippen molar-refractivity contribution in [2.75, 3.05) is 11.5 Å². The Kier molecular flexibility index (Phi) is 4.22. The van der Waals surface area contributed by atoms with Crippen LogP contribution in [0.3, 0.4) is 0 Å². The smallest absolute Gasteiger partial charge is 0.258 e. The van der Waals surface area contributed by atoms with Crippen molar-refractivity contribution in [2.24, 2.45) is 4.36 Å². The zero-order valence-electron chi connectivity index (χ0n) is 10.2. The molecule has 6 heteroatoms. The van der Waals surface area contributed by atoms with Crippen LogP contribution in [0.4, 0.5) is 11.4 Å². The Morgan fingerprint density at radius 3 is 2.35 bits per heavy atom. The van der Waals surface area contributed by atoms with Crippen LogP contribution in [0.15, 0.2) is 22.6 Å². The summed E-state index contributed by atoms with van der Waals surface area (Å²) in [6, 6.07) is 4.54. The lowest BCUT2D eigenvalue weighted by atomic mass is 10.2. The van der Waals surface area contributed by atoms with E-state index >= 15 is 0 Å². The first kappa shape index (κ1) is 13.6. The topological polar surface area (TPSA) is 72.6 Å². The fraction of sp³-hybridized carbons (Fsp3) is 0.455. The van der Waals surface area contributed by atoms with Gasteiger partial charge in [0.15, 0.2) is 0 Å². The van der Waals surface area contributed by atoms with E-state index in [1.54, 1.807) is 13.0 Å². The predicted molar refractivity (Wildman–Crippen MR) is 69.1 cm³/mol. The van der Waals surface area contributed by atoms with Crippen LogP contribution in [0, 0.1) is 17.0 Å². The minimum Gasteiger partial charge on any atom is -0.258 e. The third-order valence-corrected chi connectivity index (χ3v) is 4.90. The lowest BCUT2D eigenvalue weighted by molar-refractivity contribution is -0.385. The Hall–Kier alpha value is -1.43. The molecule has 0 saturated carbocycles. The van der Waals surface area contributed by atoms with Crippen LogP contribution in [0.2, 0.25) is 0 Å². The summed E-state index contributed by atoms with van der Waals surface area (Å²) in [5.41, 5.74) is 1.13. The monoisotopic (exact) mass is 256 g/mol. The average molecular weight is 256 g/mol. The van der Waals surface area contributed by atoms with E-state index in [1.165, 1.54) is 12.1 Å². The molecule has 0 aliphatic carbocycles. The third kappa shape index (κ3) is 3.26. The number of hydrogen-bond acceptors (Lipinski definition) is 4. The fourth-order valence-electron chi connectivity index (χ4n) is 1.43. The second kappa shape index (κ2) is 5.27. The lowest BCUT2D eigenvalue weighted by Gasteiger charge is -2.04. The number of nitro groups is 1. The Morgan fingerprint density at radius 2 is 1.94 bits per heavy atom. The molecule has 0 heterocycles. The van der Waals surface area contributed by atoms with Crippen molar-refractivity contribution < 1.29 is 9.13 Å². The molecule has 0 fully saturated rings. The minimum absolute atomic E-state index is 0.0587. The first-order valence-corrected chi connectivity index (χ1v) is 7.24. The summed E-state index contributed by atoms with van der Waals surface area (Å²) in [5, 5.41) is 10.6. The largest absolute Gasteiger partial charge is 0.272 e. The number of nitrogens with zero attached hydrogens (tertiary/aromatic N) is 2. The van der Waals surface area contributed by atoms with Crippen molar-refractivity contribution in [3.63, 3.8) is 0 Å². The molecule has 0 aliphatic rings. The minimum atomic E-state index is -2.21. The highest BCUT2D eigenvalue weighted by Crippen LogP contribution is 2.24. The number of aryl methyl sites for hydroxylation is 1. The van der Waals surface area contributed by atoms with E-state index in [4.69, 9.17) is 0 Å². The molecule has 1 rings (SSSR count). The van der Waals surface area contributed by atoms with Crippen molar-refractivity contribution >= 4 is 21.1 Å². The van der Waals surface area contributed by atoms with E-state index in [9.17, 15) is 14.3 Å². The molecule has 94 valence electrons. The van der Waals surface area contributed by atoms with Crippen molar-refractivity contribution in [1.29, 1.82) is 0 Å². The number of nitro benzene ring substituents is 1. The summed E-state index contributed by atoms with van der Waals surface area (Å²) in [5.74, 6) is 0.971. The van der Waals surface area contributed by atoms with Crippen LogP contribution in [-0.4, -0.2) is 20.6 Å². The van der Waals surface area contributed by atoms with Gasteiger partial charge in [-0.25, -0.2) is 4.21 Å². The van der Waals surface area contributed by atoms with E-state index in [1.807, 2.05) is 13.8 Å². The Morgan fingerprint density at radius 1 is 1.35 bits per heavy atom. The van der Waals surface area contributed by atoms with Crippen molar-refractivity contribution in [2.45, 2.75) is 20.8 Å². The predicted octanol–water partition coefficient (Wildman–Crippen LogP) is 3.04. The summed E-state index contributed by atoms with van der Waals surface area (Å²) in [4.78, 5) is 10.2. The van der Waals surface area contributed by atoms with Gasteiger partial charge in [-0.1, -0.05) is 13.8 Å². The summed E-state index contributed by atoms with van der Waals surface area (Å²) in [6.45, 7) is 5.30. The first-order chi connectivity index (χ1) is 7.91. The molecule has 1 aromatic carbocycles. The molecule has 0 N–H and O–H groups in total. The molecular weight excluding hydrogens is 240 g/mol. The van der Waals surface area contributed by atoms with E-state index in [0.717, 1.165) is 0 Å². The standard InChI is InChI=1S/C11H16N2O3S/c1-4-17(16,5-2)12-10-6-7-11(13(14)15)9(3)8-10/h6-8H,4-5H2,1-3H3. The second-order valence-electron chi connectivity index (χ2n) is 3.67. The van der Waals surface area contributed by atoms with E-state index < -0.39 is 14.7 Å². The van der Waals surface area contributed by atoms with Gasteiger partial charge in [-0.2, -0.15) is 4.36 Å². The zero-order chi connectivity index (χ0) is 13.1. The van der Waals surface area contributed by atoms with Gasteiger partial charge in [0.25, 0.3) is 5.69 Å². The number of rotatable bonds is 4. The fourth-order valence-corrected chi connectivity index (χ4v) is 2.59. The van der Waals surface area contributed by atoms with E-state index in [0.29, 0.717) is 22.8 Å². The summed E-state index contributed by atoms with van der Waals surface area (Å²) >= 11 is 0. The van der Waals surface area contributed by atoms with Crippen molar-refractivity contribution in [3.05, 3.63) is 33.9 Å². The highest BCUT2D eigenvalue weighted by atomic mass is 32.2. The molecule has 0 bridgehead atoms. The summed E-state index contributed by atoms with van der Waals surface area (Å²) in [6.07, 6.45) is 0. The molecule has 0 saturated heterocycles. The normalized spacial score (nSPS) is 11.2. The van der Waals surface area contributed by atoms with E-state index in [2.05, 4.69) is 4.36 Å². The Labute approximate surface area is 101 Å². The molecule has 1 aromatic rings. The Bertz CT molecular complexity index is 536. The van der Waals surface area contributed by atoms with Crippen LogP contribution < -0.4 is 0 Å². The average Bonchev–Trinajstić information content (AvgIpc) is 2.28. The molecule has 0 unspecified atom stereocenters. The number of hydrogen-bond donors (Lipinski definition) is 0. The van der Waals surface area contributed by atoms with Gasteiger partial charge in [0, 0.05) is 23.1 Å². The van der Waals surface area contributed by atoms with Crippen molar-refractivity contribution in [3.8, 4) is 0 Å². The molecule has 0 amide bonds. The van der Waals surface area contributed by atoms with Gasteiger partial charge in [0.05, 0.1) is 20.3 Å². The maximum absolute atomic E-state index is 12.1. The van der Waals surface area contributed by atoms with Gasteiger partial charge in [-0.3, -0.25) is 10.1 Å². The van der Waals surface area contributed by atoms with Gasteiger partial charge >= 0.3 is 0 Å². The molecule has 0 spiro atoms. The van der Waals surface area contributed by atoms with Crippen LogP contribution >= 0.6 is 0 Å². The molecule has 0 radical (unpaired) electrons. The van der Waals surface area contributed by atoms with Crippen LogP contribution in [0.25, 0.3) is 0 Å². The first-order valence-electron chi connectivity index (χ1n) is 5.39. The van der Waals surface area contributed by atoms with Gasteiger partial charge < -0.3 is 0 Å². The SMILES string of the molecule is CCS(=O)(CC)=Nc1ccc([N+](=O)[O-])c(C)c1. The molecule has 0 atom stereocenters. The highest BCUT2D eigenvalue weighted by Gasteiger charge is 2.11. The third-order valence-electron chi connectivity index (χ3n) is 2.55. The number of benzene rings is 1. The lowest BCUT2D eigenvalue weighted by Crippen LogP contribution is -2.04. The Balaban J connectivity index is 3.24. The maximum atomic E-state index is 12.1. The molecular formula is C11H16N2O3S. The van der Waals surface area contributed by atoms with Gasteiger partial charge in [-0.15, -0.1) is 0 Å². The quantitative estimate of drug-likeness (QED) is 0.614. The van der Waals surface area contributed by atoms with Crippen molar-refractivity contribution in [1.82, 2.24) is 0 Å². The molecule has 17 heavy (non-hydrogen) atoms. The molecule has 0 aliphatic heterocycles. The summed E-state index contributed by atoms with van der Waals surface area (Å²) < 4.78 is 16.3. The van der Waals surface area contributed by atoms with Crippen LogP contribution in [0.5, 0.6) is 0 Å². The van der Waals surface area contributed by atoms with Gasteiger partial charge in [0.1, 0.15) is 0 Å². The molecule has 0 aromatic heterocycles. The van der Waals surface area contributed by atoms with Crippen LogP contribution in [-0.2, 0) is 9.73 Å². The summed E-state index contributed by atoms with van der Waals surface area (Å²) in [7, 11) is -2.21. The van der Waals surface area contributed by atoms with E-state index in [-0.39, 0.29) is 5.69 Å².